The Balaban J connectivity index is 1.25. The highest BCUT2D eigenvalue weighted by molar-refractivity contribution is 6.12. The Bertz CT molecular complexity index is 3460. The molecule has 0 saturated carbocycles. The molecular weight excluding hydrogens is 796 g/mol. The number of alkyl halides is 3. The average Bonchev–Trinajstić information content (AvgIpc) is 3.81. The number of benzene rings is 8. The molecule has 11 rings (SSSR count). The third-order valence-corrected chi connectivity index (χ3v) is 12.7. The maximum absolute atomic E-state index is 16.6. The minimum absolute atomic E-state index is 0.0233. The summed E-state index contributed by atoms with van der Waals surface area (Å²) in [5.74, 6) is 0. The van der Waals surface area contributed by atoms with Gasteiger partial charge in [0.25, 0.3) is 0 Å². The number of aromatic nitrogens is 3. The molecule has 0 spiro atoms. The van der Waals surface area contributed by atoms with Gasteiger partial charge < -0.3 is 9.13 Å². The van der Waals surface area contributed by atoms with Crippen LogP contribution in [0, 0.1) is 27.7 Å². The number of pyridine rings is 1. The van der Waals surface area contributed by atoms with E-state index in [1.54, 1.807) is 21.3 Å². The number of halogens is 3. The third-order valence-electron chi connectivity index (χ3n) is 12.7. The van der Waals surface area contributed by atoms with Gasteiger partial charge in [-0.15, -0.1) is 0 Å². The van der Waals surface area contributed by atoms with E-state index in [1.807, 2.05) is 121 Å². The Morgan fingerprint density at radius 1 is 0.375 bits per heavy atom. The van der Waals surface area contributed by atoms with Gasteiger partial charge >= 0.3 is 6.18 Å². The summed E-state index contributed by atoms with van der Waals surface area (Å²) in [5.41, 5.74) is 13.6. The molecule has 3 heterocycles. The lowest BCUT2D eigenvalue weighted by Gasteiger charge is -2.23. The van der Waals surface area contributed by atoms with Gasteiger partial charge in [0.1, 0.15) is 5.56 Å². The Morgan fingerprint density at radius 3 is 1.31 bits per heavy atom. The average molecular weight is 838 g/mol. The number of fused-ring (bicyclic) bond motifs is 6. The molecule has 0 aliphatic carbocycles. The van der Waals surface area contributed by atoms with Crippen molar-refractivity contribution in [3.05, 3.63) is 210 Å². The summed E-state index contributed by atoms with van der Waals surface area (Å²) in [4.78, 5) is 5.12. The van der Waals surface area contributed by atoms with Gasteiger partial charge in [-0.2, -0.15) is 13.2 Å². The Kier molecular flexibility index (Phi) is 9.17. The summed E-state index contributed by atoms with van der Waals surface area (Å²) in [6, 6.07) is 59.5. The summed E-state index contributed by atoms with van der Waals surface area (Å²) in [6.45, 7) is 8.34. The number of hydrogen-bond acceptors (Lipinski definition) is 1. The second-order valence-electron chi connectivity index (χ2n) is 17.0. The molecule has 0 aliphatic heterocycles. The highest BCUT2D eigenvalue weighted by Crippen LogP contribution is 2.47. The van der Waals surface area contributed by atoms with Crippen LogP contribution in [0.4, 0.5) is 13.2 Å². The van der Waals surface area contributed by atoms with Crippen molar-refractivity contribution in [2.24, 2.45) is 0 Å². The van der Waals surface area contributed by atoms with Crippen LogP contribution in [0.25, 0.3) is 99.8 Å². The third kappa shape index (κ3) is 6.48. The van der Waals surface area contributed by atoms with Crippen LogP contribution >= 0.6 is 0 Å². The van der Waals surface area contributed by atoms with Gasteiger partial charge in [-0.3, -0.25) is 0 Å². The maximum Gasteiger partial charge on any atom is 0.420 e. The summed E-state index contributed by atoms with van der Waals surface area (Å²) < 4.78 is 53.4. The predicted octanol–water partition coefficient (Wildman–Crippen LogP) is 16.2. The van der Waals surface area contributed by atoms with Crippen LogP contribution in [0.5, 0.6) is 0 Å². The second kappa shape index (κ2) is 15.0. The molecule has 6 heteroatoms. The van der Waals surface area contributed by atoms with E-state index in [9.17, 15) is 0 Å². The van der Waals surface area contributed by atoms with Crippen molar-refractivity contribution in [3.8, 4) is 56.1 Å². The molecular formula is C58H42F3N3. The van der Waals surface area contributed by atoms with Crippen molar-refractivity contribution in [1.82, 2.24) is 14.1 Å². The second-order valence-corrected chi connectivity index (χ2v) is 17.0. The number of hydrogen-bond donors (Lipinski definition) is 0. The highest BCUT2D eigenvalue weighted by atomic mass is 19.4. The normalized spacial score (nSPS) is 12.0. The summed E-state index contributed by atoms with van der Waals surface area (Å²) in [7, 11) is 0. The standard InChI is InChI=1S/C58H42F3N3/c1-35-21-25-43(37(3)29-35)40-23-27-53-47(31-40)45-15-8-10-19-51(45)63(53)55-33-42(50-18-12-17-49(62-50)39-13-6-5-7-14-39)34-56(57(55)58(59,60)61)64-52-20-11-9-16-46(52)48-32-41(24-28-54(48)64)44-26-22-36(2)30-38(44)4/h5-34H,1-4H3. The molecule has 3 aromatic heterocycles. The van der Waals surface area contributed by atoms with E-state index >= 15 is 13.2 Å². The number of nitrogens with zero attached hydrogens (tertiary/aromatic N) is 3. The largest absolute Gasteiger partial charge is 0.420 e. The molecule has 64 heavy (non-hydrogen) atoms. The molecule has 0 N–H and O–H groups in total. The van der Waals surface area contributed by atoms with Gasteiger partial charge in [0, 0.05) is 32.7 Å². The lowest BCUT2D eigenvalue weighted by molar-refractivity contribution is -0.137. The molecule has 0 radical (unpaired) electrons. The van der Waals surface area contributed by atoms with Crippen molar-refractivity contribution < 1.29 is 13.2 Å². The molecule has 11 aromatic rings. The minimum atomic E-state index is -4.78. The van der Waals surface area contributed by atoms with Gasteiger partial charge in [0.05, 0.1) is 44.8 Å². The molecule has 0 amide bonds. The first-order chi connectivity index (χ1) is 31.0. The predicted molar refractivity (Wildman–Crippen MR) is 259 cm³/mol. The summed E-state index contributed by atoms with van der Waals surface area (Å²) in [5, 5.41) is 3.47. The quantitative estimate of drug-likeness (QED) is 0.164. The van der Waals surface area contributed by atoms with E-state index < -0.39 is 11.7 Å². The van der Waals surface area contributed by atoms with Crippen molar-refractivity contribution in [2.75, 3.05) is 0 Å². The first kappa shape index (κ1) is 39.2. The van der Waals surface area contributed by atoms with E-state index in [0.29, 0.717) is 33.3 Å². The van der Waals surface area contributed by atoms with Crippen LogP contribution in [0.3, 0.4) is 0 Å². The molecule has 0 atom stereocenters. The van der Waals surface area contributed by atoms with Gasteiger partial charge in [0.2, 0.25) is 0 Å². The zero-order valence-electron chi connectivity index (χ0n) is 35.8. The van der Waals surface area contributed by atoms with Crippen molar-refractivity contribution in [1.29, 1.82) is 0 Å². The fraction of sp³-hybridized carbons (Fsp3) is 0.0862. The van der Waals surface area contributed by atoms with Crippen LogP contribution in [0.2, 0.25) is 0 Å². The molecule has 0 saturated heterocycles. The summed E-state index contributed by atoms with van der Waals surface area (Å²) in [6.07, 6.45) is -4.78. The zero-order valence-corrected chi connectivity index (χ0v) is 35.8. The van der Waals surface area contributed by atoms with E-state index in [4.69, 9.17) is 4.98 Å². The van der Waals surface area contributed by atoms with Crippen LogP contribution in [-0.4, -0.2) is 14.1 Å². The fourth-order valence-electron chi connectivity index (χ4n) is 9.84. The Morgan fingerprint density at radius 2 is 0.828 bits per heavy atom. The first-order valence-electron chi connectivity index (χ1n) is 21.5. The lowest BCUT2D eigenvalue weighted by Crippen LogP contribution is -2.16. The Hall–Kier alpha value is -7.70. The first-order valence-corrected chi connectivity index (χ1v) is 21.5. The molecule has 0 unspecified atom stereocenters. The zero-order chi connectivity index (χ0) is 43.9. The van der Waals surface area contributed by atoms with Crippen LogP contribution < -0.4 is 0 Å². The van der Waals surface area contributed by atoms with E-state index in [0.717, 1.165) is 66.2 Å². The number of para-hydroxylation sites is 2. The molecule has 310 valence electrons. The number of rotatable bonds is 6. The van der Waals surface area contributed by atoms with Crippen molar-refractivity contribution in [3.63, 3.8) is 0 Å². The smallest absolute Gasteiger partial charge is 0.309 e. The van der Waals surface area contributed by atoms with Crippen molar-refractivity contribution in [2.45, 2.75) is 33.9 Å². The van der Waals surface area contributed by atoms with E-state index in [-0.39, 0.29) is 11.4 Å². The fourth-order valence-corrected chi connectivity index (χ4v) is 9.84. The maximum atomic E-state index is 16.6. The Labute approximate surface area is 369 Å². The van der Waals surface area contributed by atoms with Gasteiger partial charge in [0.15, 0.2) is 0 Å². The SMILES string of the molecule is Cc1ccc(-c2ccc3c(c2)c2ccccc2n3-c2cc(-c3cccc(-c4ccccc4)n3)cc(-n3c4ccccc4c4cc(-c5ccc(C)cc5C)ccc43)c2C(F)(F)F)c(C)c1. The summed E-state index contributed by atoms with van der Waals surface area (Å²) >= 11 is 0. The van der Waals surface area contributed by atoms with Crippen LogP contribution in [0.1, 0.15) is 27.8 Å². The van der Waals surface area contributed by atoms with E-state index in [1.165, 1.54) is 11.1 Å². The molecule has 0 fully saturated rings. The van der Waals surface area contributed by atoms with Gasteiger partial charge in [-0.25, -0.2) is 4.98 Å². The highest BCUT2D eigenvalue weighted by Gasteiger charge is 2.39. The van der Waals surface area contributed by atoms with E-state index in [2.05, 4.69) is 76.2 Å². The monoisotopic (exact) mass is 837 g/mol. The molecule has 0 aliphatic rings. The minimum Gasteiger partial charge on any atom is -0.309 e. The molecule has 3 nitrogen and oxygen atoms in total. The van der Waals surface area contributed by atoms with Gasteiger partial charge in [-0.05, 0) is 122 Å². The van der Waals surface area contributed by atoms with Gasteiger partial charge in [-0.1, -0.05) is 132 Å². The number of aryl methyl sites for hydroxylation is 4. The topological polar surface area (TPSA) is 22.8 Å². The lowest BCUT2D eigenvalue weighted by atomic mass is 9.97. The molecule has 0 bridgehead atoms. The van der Waals surface area contributed by atoms with Crippen molar-refractivity contribution >= 4 is 43.6 Å². The van der Waals surface area contributed by atoms with Crippen LogP contribution in [-0.2, 0) is 6.18 Å². The van der Waals surface area contributed by atoms with Crippen LogP contribution in [0.15, 0.2) is 182 Å². The molecule has 8 aromatic carbocycles.